The molecule has 1 N–H and O–H groups in total. The predicted octanol–water partition coefficient (Wildman–Crippen LogP) is 3.07. The van der Waals surface area contributed by atoms with Crippen molar-refractivity contribution >= 4 is 44.2 Å². The van der Waals surface area contributed by atoms with E-state index in [1.54, 1.807) is 16.7 Å². The molecule has 146 valence electrons. The number of H-pyrrole nitrogens is 1. The molecule has 4 rings (SSSR count). The van der Waals surface area contributed by atoms with Gasteiger partial charge in [0.25, 0.3) is 11.1 Å². The van der Waals surface area contributed by atoms with E-state index in [0.717, 1.165) is 10.9 Å². The zero-order chi connectivity index (χ0) is 20.5. The SMILES string of the molecule is CCCn1c(SCc2cc(=O)n3[nH]cc(C#N)c3n2)nc2ccc(Br)cc2c1=O. The molecular formula is C19H15BrN6O2S. The van der Waals surface area contributed by atoms with Gasteiger partial charge in [-0.05, 0) is 24.6 Å². The van der Waals surface area contributed by atoms with Gasteiger partial charge >= 0.3 is 0 Å². The molecule has 0 fully saturated rings. The van der Waals surface area contributed by atoms with E-state index in [1.165, 1.54) is 28.5 Å². The van der Waals surface area contributed by atoms with Crippen LogP contribution in [0.2, 0.25) is 0 Å². The Hall–Kier alpha value is -2.90. The summed E-state index contributed by atoms with van der Waals surface area (Å²) in [6.07, 6.45) is 2.23. The number of benzene rings is 1. The average Bonchev–Trinajstić information content (AvgIpc) is 3.13. The van der Waals surface area contributed by atoms with Crippen molar-refractivity contribution in [3.63, 3.8) is 0 Å². The maximum absolute atomic E-state index is 13.0. The van der Waals surface area contributed by atoms with Gasteiger partial charge < -0.3 is 0 Å². The molecule has 0 unspecified atom stereocenters. The molecule has 8 nitrogen and oxygen atoms in total. The van der Waals surface area contributed by atoms with Crippen LogP contribution in [0.5, 0.6) is 0 Å². The first kappa shape index (κ1) is 19.4. The summed E-state index contributed by atoms with van der Waals surface area (Å²) in [7, 11) is 0. The number of nitrogens with zero attached hydrogens (tertiary/aromatic N) is 5. The highest BCUT2D eigenvalue weighted by molar-refractivity contribution is 9.10. The normalized spacial score (nSPS) is 11.2. The second kappa shape index (κ2) is 7.85. The number of nitrogens with one attached hydrogen (secondary N) is 1. The zero-order valence-electron chi connectivity index (χ0n) is 15.3. The largest absolute Gasteiger partial charge is 0.295 e. The monoisotopic (exact) mass is 470 g/mol. The first-order valence-corrected chi connectivity index (χ1v) is 10.6. The number of aromatic amines is 1. The van der Waals surface area contributed by atoms with Crippen LogP contribution in [0.3, 0.4) is 0 Å². The summed E-state index contributed by atoms with van der Waals surface area (Å²) in [4.78, 5) is 34.3. The Bertz CT molecular complexity index is 1400. The lowest BCUT2D eigenvalue weighted by Gasteiger charge is -2.12. The van der Waals surface area contributed by atoms with Crippen molar-refractivity contribution < 1.29 is 0 Å². The standard InChI is InChI=1S/C19H15BrN6O2S/c1-2-5-25-18(28)14-6-12(20)3-4-15(14)24-19(25)29-10-13-7-16(27)26-17(23-13)11(8-21)9-22-26/h3-4,6-7,9,22H,2,5,10H2,1H3. The summed E-state index contributed by atoms with van der Waals surface area (Å²) in [6.45, 7) is 2.54. The van der Waals surface area contributed by atoms with E-state index in [9.17, 15) is 14.9 Å². The number of hydrogen-bond acceptors (Lipinski definition) is 6. The fourth-order valence-electron chi connectivity index (χ4n) is 3.03. The average molecular weight is 471 g/mol. The first-order chi connectivity index (χ1) is 14.0. The van der Waals surface area contributed by atoms with Crippen LogP contribution in [0.4, 0.5) is 0 Å². The molecule has 0 aliphatic carbocycles. The molecule has 3 heterocycles. The molecule has 0 atom stereocenters. The van der Waals surface area contributed by atoms with Crippen molar-refractivity contribution in [2.24, 2.45) is 0 Å². The molecule has 0 spiro atoms. The summed E-state index contributed by atoms with van der Waals surface area (Å²) in [5.41, 5.74) is 1.33. The van der Waals surface area contributed by atoms with Crippen LogP contribution in [-0.4, -0.2) is 24.1 Å². The Labute approximate surface area is 177 Å². The van der Waals surface area contributed by atoms with Crippen LogP contribution < -0.4 is 11.1 Å². The van der Waals surface area contributed by atoms with Gasteiger partial charge in [0.1, 0.15) is 11.6 Å². The van der Waals surface area contributed by atoms with Crippen LogP contribution in [0, 0.1) is 11.3 Å². The number of aromatic nitrogens is 5. The number of halogens is 1. The van der Waals surface area contributed by atoms with E-state index >= 15 is 0 Å². The van der Waals surface area contributed by atoms with Crippen LogP contribution in [-0.2, 0) is 12.3 Å². The fourth-order valence-corrected chi connectivity index (χ4v) is 4.31. The minimum absolute atomic E-state index is 0.0958. The van der Waals surface area contributed by atoms with Gasteiger partial charge in [0, 0.05) is 29.0 Å². The van der Waals surface area contributed by atoms with Crippen LogP contribution in [0.15, 0.2) is 49.7 Å². The third kappa shape index (κ3) is 3.59. The van der Waals surface area contributed by atoms with E-state index in [-0.39, 0.29) is 16.8 Å². The Morgan fingerprint density at radius 2 is 2.10 bits per heavy atom. The minimum Gasteiger partial charge on any atom is -0.295 e. The van der Waals surface area contributed by atoms with Gasteiger partial charge in [-0.3, -0.25) is 19.3 Å². The molecule has 3 aromatic heterocycles. The zero-order valence-corrected chi connectivity index (χ0v) is 17.7. The summed E-state index contributed by atoms with van der Waals surface area (Å²) < 4.78 is 3.71. The van der Waals surface area contributed by atoms with Gasteiger partial charge in [-0.15, -0.1) is 0 Å². The third-order valence-corrected chi connectivity index (χ3v) is 5.85. The topological polar surface area (TPSA) is 109 Å². The Morgan fingerprint density at radius 1 is 1.28 bits per heavy atom. The van der Waals surface area contributed by atoms with Crippen molar-refractivity contribution in [1.29, 1.82) is 5.26 Å². The van der Waals surface area contributed by atoms with Crippen LogP contribution in [0.1, 0.15) is 24.6 Å². The van der Waals surface area contributed by atoms with E-state index in [1.807, 2.05) is 19.1 Å². The van der Waals surface area contributed by atoms with Crippen LogP contribution >= 0.6 is 27.7 Å². The highest BCUT2D eigenvalue weighted by Gasteiger charge is 2.14. The number of fused-ring (bicyclic) bond motifs is 2. The van der Waals surface area contributed by atoms with E-state index in [0.29, 0.717) is 39.6 Å². The van der Waals surface area contributed by atoms with Crippen molar-refractivity contribution in [3.05, 3.63) is 66.9 Å². The van der Waals surface area contributed by atoms with Crippen molar-refractivity contribution in [1.82, 2.24) is 24.1 Å². The predicted molar refractivity (Wildman–Crippen MR) is 114 cm³/mol. The highest BCUT2D eigenvalue weighted by Crippen LogP contribution is 2.23. The maximum atomic E-state index is 13.0. The van der Waals surface area contributed by atoms with Gasteiger partial charge in [-0.1, -0.05) is 34.6 Å². The Morgan fingerprint density at radius 3 is 2.86 bits per heavy atom. The lowest BCUT2D eigenvalue weighted by atomic mass is 10.2. The molecule has 0 aliphatic heterocycles. The summed E-state index contributed by atoms with van der Waals surface area (Å²) in [5, 5.41) is 13.0. The minimum atomic E-state index is -0.297. The third-order valence-electron chi connectivity index (χ3n) is 4.35. The summed E-state index contributed by atoms with van der Waals surface area (Å²) >= 11 is 4.74. The molecular weight excluding hydrogens is 456 g/mol. The number of thioether (sulfide) groups is 1. The molecule has 0 amide bonds. The number of hydrogen-bond donors (Lipinski definition) is 1. The number of rotatable bonds is 5. The lowest BCUT2D eigenvalue weighted by Crippen LogP contribution is -2.23. The maximum Gasteiger partial charge on any atom is 0.272 e. The Balaban J connectivity index is 1.75. The molecule has 0 saturated carbocycles. The molecule has 0 aliphatic rings. The molecule has 0 radical (unpaired) electrons. The molecule has 4 aromatic rings. The van der Waals surface area contributed by atoms with Gasteiger partial charge in [-0.25, -0.2) is 14.5 Å². The lowest BCUT2D eigenvalue weighted by molar-refractivity contribution is 0.584. The molecule has 10 heteroatoms. The molecule has 1 aromatic carbocycles. The second-order valence-electron chi connectivity index (χ2n) is 6.34. The quantitative estimate of drug-likeness (QED) is 0.354. The van der Waals surface area contributed by atoms with Gasteiger partial charge in [0.05, 0.1) is 16.6 Å². The summed E-state index contributed by atoms with van der Waals surface area (Å²) in [5.74, 6) is 0.347. The smallest absolute Gasteiger partial charge is 0.272 e. The van der Waals surface area contributed by atoms with Crippen molar-refractivity contribution in [2.75, 3.05) is 0 Å². The van der Waals surface area contributed by atoms with E-state index in [2.05, 4.69) is 31.0 Å². The second-order valence-corrected chi connectivity index (χ2v) is 8.20. The first-order valence-electron chi connectivity index (χ1n) is 8.85. The van der Waals surface area contributed by atoms with E-state index in [4.69, 9.17) is 0 Å². The molecule has 0 bridgehead atoms. The van der Waals surface area contributed by atoms with Crippen molar-refractivity contribution in [2.45, 2.75) is 30.8 Å². The highest BCUT2D eigenvalue weighted by atomic mass is 79.9. The van der Waals surface area contributed by atoms with Gasteiger partial charge in [0.15, 0.2) is 10.8 Å². The van der Waals surface area contributed by atoms with Gasteiger partial charge in [0.2, 0.25) is 0 Å². The van der Waals surface area contributed by atoms with E-state index < -0.39 is 0 Å². The molecule has 29 heavy (non-hydrogen) atoms. The van der Waals surface area contributed by atoms with Crippen LogP contribution in [0.25, 0.3) is 16.6 Å². The summed E-state index contributed by atoms with van der Waals surface area (Å²) in [6, 6.07) is 8.85. The fraction of sp³-hybridized carbons (Fsp3) is 0.211. The van der Waals surface area contributed by atoms with Gasteiger partial charge in [-0.2, -0.15) is 5.26 Å². The Kier molecular flexibility index (Phi) is 5.25. The molecule has 0 saturated heterocycles. The number of nitriles is 1. The van der Waals surface area contributed by atoms with Crippen molar-refractivity contribution in [3.8, 4) is 6.07 Å².